The Hall–Kier alpha value is -2.09. The molecule has 0 aliphatic rings. The predicted molar refractivity (Wildman–Crippen MR) is 77.5 cm³/mol. The van der Waals surface area contributed by atoms with Gasteiger partial charge in [-0.15, -0.1) is 0 Å². The van der Waals surface area contributed by atoms with Crippen LogP contribution in [0.1, 0.15) is 27.9 Å². The number of hydrogen-bond donors (Lipinski definition) is 1. The maximum absolute atomic E-state index is 13.0. The highest BCUT2D eigenvalue weighted by atomic mass is 32.1. The number of benzene rings is 1. The molecule has 2 rings (SSSR count). The minimum atomic E-state index is -4.72. The number of aryl methyl sites for hydroxylation is 1. The number of hydrogen-bond acceptors (Lipinski definition) is 5. The largest absolute Gasteiger partial charge is 0.462 e. The quantitative estimate of drug-likeness (QED) is 0.845. The molecule has 1 aromatic heterocycles. The molecule has 1 heterocycles. The minimum Gasteiger partial charge on any atom is -0.462 e. The third kappa shape index (κ3) is 3.76. The van der Waals surface area contributed by atoms with Crippen molar-refractivity contribution in [1.82, 2.24) is 4.98 Å². The number of ether oxygens (including phenoxy) is 1. The fraction of sp³-hybridized carbons (Fsp3) is 0.286. The van der Waals surface area contributed by atoms with Gasteiger partial charge in [0.25, 0.3) is 0 Å². The number of anilines is 2. The Kier molecular flexibility index (Phi) is 4.70. The van der Waals surface area contributed by atoms with E-state index in [9.17, 15) is 18.0 Å². The van der Waals surface area contributed by atoms with Crippen molar-refractivity contribution >= 4 is 28.1 Å². The third-order valence-electron chi connectivity index (χ3n) is 2.63. The molecule has 4 nitrogen and oxygen atoms in total. The van der Waals surface area contributed by atoms with Crippen LogP contribution in [0.4, 0.5) is 24.0 Å². The number of aromatic nitrogens is 1. The van der Waals surface area contributed by atoms with E-state index in [1.807, 2.05) is 13.0 Å². The van der Waals surface area contributed by atoms with E-state index in [1.54, 1.807) is 18.2 Å². The zero-order valence-electron chi connectivity index (χ0n) is 11.8. The molecular weight excluding hydrogens is 317 g/mol. The Morgan fingerprint density at radius 1 is 1.41 bits per heavy atom. The van der Waals surface area contributed by atoms with E-state index in [4.69, 9.17) is 0 Å². The van der Waals surface area contributed by atoms with E-state index in [0.717, 1.165) is 5.56 Å². The Labute approximate surface area is 128 Å². The summed E-state index contributed by atoms with van der Waals surface area (Å²) in [7, 11) is 0. The molecule has 0 amide bonds. The normalized spacial score (nSPS) is 11.3. The van der Waals surface area contributed by atoms with Crippen molar-refractivity contribution in [2.24, 2.45) is 0 Å². The van der Waals surface area contributed by atoms with Crippen LogP contribution in [-0.2, 0) is 10.9 Å². The van der Waals surface area contributed by atoms with Crippen LogP contribution in [0.3, 0.4) is 0 Å². The van der Waals surface area contributed by atoms with Crippen molar-refractivity contribution in [1.29, 1.82) is 0 Å². The van der Waals surface area contributed by atoms with Crippen LogP contribution in [0.15, 0.2) is 24.3 Å². The van der Waals surface area contributed by atoms with Crippen LogP contribution in [0.25, 0.3) is 0 Å². The average molecular weight is 330 g/mol. The van der Waals surface area contributed by atoms with Gasteiger partial charge in [0.2, 0.25) is 0 Å². The zero-order chi connectivity index (χ0) is 16.3. The fourth-order valence-electron chi connectivity index (χ4n) is 1.75. The van der Waals surface area contributed by atoms with Gasteiger partial charge in [0.05, 0.1) is 6.61 Å². The molecule has 0 saturated heterocycles. The van der Waals surface area contributed by atoms with E-state index in [0.29, 0.717) is 17.0 Å². The van der Waals surface area contributed by atoms with Gasteiger partial charge >= 0.3 is 12.1 Å². The highest BCUT2D eigenvalue weighted by molar-refractivity contribution is 7.17. The second-order valence-electron chi connectivity index (χ2n) is 4.41. The number of halogens is 3. The molecule has 0 bridgehead atoms. The highest BCUT2D eigenvalue weighted by Gasteiger charge is 2.40. The zero-order valence-corrected chi connectivity index (χ0v) is 12.6. The molecule has 118 valence electrons. The fourth-order valence-corrected chi connectivity index (χ4v) is 2.65. The summed E-state index contributed by atoms with van der Waals surface area (Å²) < 4.78 is 43.6. The maximum Gasteiger partial charge on any atom is 0.435 e. The Morgan fingerprint density at radius 2 is 2.14 bits per heavy atom. The number of carbonyl (C=O) groups excluding carboxylic acids is 1. The topological polar surface area (TPSA) is 51.2 Å². The molecule has 0 radical (unpaired) electrons. The Bertz CT molecular complexity index is 683. The summed E-state index contributed by atoms with van der Waals surface area (Å²) in [6.07, 6.45) is -4.72. The van der Waals surface area contributed by atoms with Crippen LogP contribution in [0.2, 0.25) is 0 Å². The number of esters is 1. The molecule has 0 spiro atoms. The van der Waals surface area contributed by atoms with E-state index < -0.39 is 22.7 Å². The highest BCUT2D eigenvalue weighted by Crippen LogP contribution is 2.37. The maximum atomic E-state index is 13.0. The lowest BCUT2D eigenvalue weighted by molar-refractivity contribution is -0.141. The van der Waals surface area contributed by atoms with Crippen molar-refractivity contribution < 1.29 is 22.7 Å². The first-order valence-corrected chi connectivity index (χ1v) is 7.21. The van der Waals surface area contributed by atoms with Crippen LogP contribution < -0.4 is 5.32 Å². The molecule has 8 heteroatoms. The first kappa shape index (κ1) is 16.3. The number of nitrogens with zero attached hydrogens (tertiary/aromatic N) is 1. The first-order valence-electron chi connectivity index (χ1n) is 6.40. The Balaban J connectivity index is 2.35. The van der Waals surface area contributed by atoms with Crippen molar-refractivity contribution in [2.45, 2.75) is 20.0 Å². The van der Waals surface area contributed by atoms with E-state index in [-0.39, 0.29) is 11.7 Å². The summed E-state index contributed by atoms with van der Waals surface area (Å²) in [6.45, 7) is 3.38. The lowest BCUT2D eigenvalue weighted by atomic mass is 10.2. The third-order valence-corrected chi connectivity index (χ3v) is 3.58. The minimum absolute atomic E-state index is 0.00529. The molecule has 1 aromatic carbocycles. The lowest BCUT2D eigenvalue weighted by Gasteiger charge is -2.05. The number of thiazole rings is 1. The summed E-state index contributed by atoms with van der Waals surface area (Å²) in [6, 6.07) is 7.09. The van der Waals surface area contributed by atoms with Crippen molar-refractivity contribution in [2.75, 3.05) is 11.9 Å². The van der Waals surface area contributed by atoms with E-state index in [1.165, 1.54) is 6.92 Å². The predicted octanol–water partition coefficient (Wildman–Crippen LogP) is 4.39. The number of rotatable bonds is 4. The van der Waals surface area contributed by atoms with Gasteiger partial charge in [-0.1, -0.05) is 23.5 Å². The average Bonchev–Trinajstić information content (AvgIpc) is 2.83. The monoisotopic (exact) mass is 330 g/mol. The molecule has 1 N–H and O–H groups in total. The standard InChI is InChI=1S/C14H13F3N2O2S/c1-3-21-12(20)10-11(14(15,16)17)19-13(22-10)18-9-6-4-5-8(2)7-9/h4-7H,3H2,1-2H3,(H,18,19). The van der Waals surface area contributed by atoms with Crippen LogP contribution in [0.5, 0.6) is 0 Å². The van der Waals surface area contributed by atoms with Gasteiger partial charge in [-0.2, -0.15) is 13.2 Å². The summed E-state index contributed by atoms with van der Waals surface area (Å²) in [4.78, 5) is 14.6. The van der Waals surface area contributed by atoms with Gasteiger partial charge in [0.1, 0.15) is 4.88 Å². The van der Waals surface area contributed by atoms with E-state index in [2.05, 4.69) is 15.0 Å². The summed E-state index contributed by atoms with van der Waals surface area (Å²) in [5, 5.41) is 2.76. The van der Waals surface area contributed by atoms with Crippen LogP contribution >= 0.6 is 11.3 Å². The SMILES string of the molecule is CCOC(=O)c1sc(Nc2cccc(C)c2)nc1C(F)(F)F. The van der Waals surface area contributed by atoms with Crippen LogP contribution in [-0.4, -0.2) is 17.6 Å². The van der Waals surface area contributed by atoms with E-state index >= 15 is 0 Å². The summed E-state index contributed by atoms with van der Waals surface area (Å²) in [5.74, 6) is -1.02. The molecule has 0 fully saturated rings. The summed E-state index contributed by atoms with van der Waals surface area (Å²) >= 11 is 0.618. The number of nitrogens with one attached hydrogen (secondary N) is 1. The smallest absolute Gasteiger partial charge is 0.435 e. The number of carbonyl (C=O) groups is 1. The molecule has 0 aliphatic heterocycles. The van der Waals surface area contributed by atoms with Gasteiger partial charge < -0.3 is 10.1 Å². The van der Waals surface area contributed by atoms with Crippen molar-refractivity contribution in [3.05, 3.63) is 40.4 Å². The lowest BCUT2D eigenvalue weighted by Crippen LogP contribution is -2.13. The molecule has 0 atom stereocenters. The van der Waals surface area contributed by atoms with Gasteiger partial charge in [0, 0.05) is 5.69 Å². The molecule has 2 aromatic rings. The van der Waals surface area contributed by atoms with Crippen molar-refractivity contribution in [3.63, 3.8) is 0 Å². The van der Waals surface area contributed by atoms with Crippen molar-refractivity contribution in [3.8, 4) is 0 Å². The first-order chi connectivity index (χ1) is 10.3. The molecule has 22 heavy (non-hydrogen) atoms. The van der Waals surface area contributed by atoms with Crippen LogP contribution in [0, 0.1) is 6.92 Å². The molecule has 0 aliphatic carbocycles. The second-order valence-corrected chi connectivity index (χ2v) is 5.41. The number of alkyl halides is 3. The molecule has 0 saturated carbocycles. The van der Waals surface area contributed by atoms with Gasteiger partial charge in [-0.3, -0.25) is 0 Å². The Morgan fingerprint density at radius 3 is 2.73 bits per heavy atom. The molecular formula is C14H13F3N2O2S. The van der Waals surface area contributed by atoms with Gasteiger partial charge in [0.15, 0.2) is 10.8 Å². The summed E-state index contributed by atoms with van der Waals surface area (Å²) in [5.41, 5.74) is 0.312. The molecule has 0 unspecified atom stereocenters. The van der Waals surface area contributed by atoms with Gasteiger partial charge in [-0.25, -0.2) is 9.78 Å². The van der Waals surface area contributed by atoms with Gasteiger partial charge in [-0.05, 0) is 31.5 Å². The second kappa shape index (κ2) is 6.35.